The molecule has 0 spiro atoms. The van der Waals surface area contributed by atoms with E-state index in [1.54, 1.807) is 0 Å². The minimum absolute atomic E-state index is 0.000738. The summed E-state index contributed by atoms with van der Waals surface area (Å²) in [5.74, 6) is 0.149. The Kier molecular flexibility index (Phi) is 6.32. The summed E-state index contributed by atoms with van der Waals surface area (Å²) in [5, 5.41) is 10.3. The predicted molar refractivity (Wildman–Crippen MR) is 70.1 cm³/mol. The van der Waals surface area contributed by atoms with Gasteiger partial charge in [0.05, 0.1) is 0 Å². The fraction of sp³-hybridized carbons (Fsp3) is 0.867. The number of carboxylic acids is 1. The molecular formula is C15H25O4-. The predicted octanol–water partition coefficient (Wildman–Crippen LogP) is 1.91. The highest BCUT2D eigenvalue weighted by Crippen LogP contribution is 2.35. The second-order valence-electron chi connectivity index (χ2n) is 6.08. The van der Waals surface area contributed by atoms with Gasteiger partial charge in [0.2, 0.25) is 0 Å². The summed E-state index contributed by atoms with van der Waals surface area (Å²) in [6, 6.07) is 0. The van der Waals surface area contributed by atoms with E-state index in [-0.39, 0.29) is 24.9 Å². The summed E-state index contributed by atoms with van der Waals surface area (Å²) >= 11 is 0. The highest BCUT2D eigenvalue weighted by Gasteiger charge is 2.33. The SMILES string of the molecule is CC1CCC(C(C)C)C(OC(=O)CCCC(=O)[O-])C1. The Balaban J connectivity index is 2.42. The lowest BCUT2D eigenvalue weighted by Crippen LogP contribution is -2.35. The van der Waals surface area contributed by atoms with Crippen LogP contribution in [-0.2, 0) is 14.3 Å². The average molecular weight is 269 g/mol. The number of aliphatic carboxylic acids is 1. The van der Waals surface area contributed by atoms with Gasteiger partial charge in [0.15, 0.2) is 0 Å². The van der Waals surface area contributed by atoms with Crippen LogP contribution < -0.4 is 5.11 Å². The molecule has 4 nitrogen and oxygen atoms in total. The molecule has 0 heterocycles. The molecule has 19 heavy (non-hydrogen) atoms. The molecule has 1 rings (SSSR count). The molecule has 0 aromatic heterocycles. The van der Waals surface area contributed by atoms with Crippen LogP contribution in [-0.4, -0.2) is 18.0 Å². The minimum Gasteiger partial charge on any atom is -0.550 e. The van der Waals surface area contributed by atoms with E-state index < -0.39 is 5.97 Å². The maximum Gasteiger partial charge on any atom is 0.306 e. The molecule has 110 valence electrons. The van der Waals surface area contributed by atoms with E-state index in [1.807, 2.05) is 0 Å². The fourth-order valence-corrected chi connectivity index (χ4v) is 2.86. The molecule has 0 bridgehead atoms. The first-order chi connectivity index (χ1) is 8.90. The molecule has 0 radical (unpaired) electrons. The van der Waals surface area contributed by atoms with Crippen LogP contribution in [0.25, 0.3) is 0 Å². The van der Waals surface area contributed by atoms with E-state index in [2.05, 4.69) is 20.8 Å². The van der Waals surface area contributed by atoms with Gasteiger partial charge >= 0.3 is 5.97 Å². The van der Waals surface area contributed by atoms with Gasteiger partial charge in [0.1, 0.15) is 6.10 Å². The maximum atomic E-state index is 11.7. The zero-order valence-electron chi connectivity index (χ0n) is 12.2. The van der Waals surface area contributed by atoms with Crippen LogP contribution in [0.1, 0.15) is 59.3 Å². The van der Waals surface area contributed by atoms with Crippen molar-refractivity contribution in [3.8, 4) is 0 Å². The third-order valence-corrected chi connectivity index (χ3v) is 4.01. The monoisotopic (exact) mass is 269 g/mol. The largest absolute Gasteiger partial charge is 0.550 e. The van der Waals surface area contributed by atoms with Crippen LogP contribution in [0.2, 0.25) is 0 Å². The Morgan fingerprint density at radius 2 is 1.95 bits per heavy atom. The van der Waals surface area contributed by atoms with Crippen LogP contribution in [0.3, 0.4) is 0 Å². The van der Waals surface area contributed by atoms with Crippen molar-refractivity contribution in [1.29, 1.82) is 0 Å². The zero-order chi connectivity index (χ0) is 14.4. The molecule has 0 aromatic rings. The maximum absolute atomic E-state index is 11.7. The van der Waals surface area contributed by atoms with Gasteiger partial charge in [-0.05, 0) is 43.4 Å². The minimum atomic E-state index is -1.11. The van der Waals surface area contributed by atoms with E-state index in [0.29, 0.717) is 24.2 Å². The molecular weight excluding hydrogens is 244 g/mol. The Morgan fingerprint density at radius 1 is 1.26 bits per heavy atom. The Labute approximate surface area is 115 Å². The second-order valence-corrected chi connectivity index (χ2v) is 6.08. The van der Waals surface area contributed by atoms with Gasteiger partial charge in [0.25, 0.3) is 0 Å². The number of carbonyl (C=O) groups excluding carboxylic acids is 2. The molecule has 0 amide bonds. The summed E-state index contributed by atoms with van der Waals surface area (Å²) in [4.78, 5) is 22.0. The summed E-state index contributed by atoms with van der Waals surface area (Å²) in [6.07, 6.45) is 3.62. The van der Waals surface area contributed by atoms with Crippen LogP contribution in [0.15, 0.2) is 0 Å². The summed E-state index contributed by atoms with van der Waals surface area (Å²) in [6.45, 7) is 6.52. The number of rotatable bonds is 6. The van der Waals surface area contributed by atoms with Gasteiger partial charge < -0.3 is 14.6 Å². The number of carbonyl (C=O) groups is 2. The lowest BCUT2D eigenvalue weighted by Gasteiger charge is -2.36. The lowest BCUT2D eigenvalue weighted by molar-refractivity contribution is -0.305. The van der Waals surface area contributed by atoms with Gasteiger partial charge in [-0.2, -0.15) is 0 Å². The quantitative estimate of drug-likeness (QED) is 0.691. The topological polar surface area (TPSA) is 66.4 Å². The van der Waals surface area contributed by atoms with Crippen LogP contribution in [0, 0.1) is 17.8 Å². The normalized spacial score (nSPS) is 27.3. The molecule has 1 aliphatic rings. The molecule has 3 atom stereocenters. The fourth-order valence-electron chi connectivity index (χ4n) is 2.86. The van der Waals surface area contributed by atoms with Crippen molar-refractivity contribution in [2.75, 3.05) is 0 Å². The van der Waals surface area contributed by atoms with Gasteiger partial charge in [0, 0.05) is 12.4 Å². The molecule has 0 aliphatic heterocycles. The Hall–Kier alpha value is -1.06. The molecule has 1 aliphatic carbocycles. The number of hydrogen-bond donors (Lipinski definition) is 0. The highest BCUT2D eigenvalue weighted by molar-refractivity contribution is 5.71. The van der Waals surface area contributed by atoms with E-state index >= 15 is 0 Å². The van der Waals surface area contributed by atoms with Gasteiger partial charge in [-0.15, -0.1) is 0 Å². The Bertz CT molecular complexity index is 311. The number of hydrogen-bond acceptors (Lipinski definition) is 4. The third kappa shape index (κ3) is 5.62. The van der Waals surface area contributed by atoms with E-state index in [0.717, 1.165) is 12.8 Å². The van der Waals surface area contributed by atoms with E-state index in [4.69, 9.17) is 4.74 Å². The zero-order valence-corrected chi connectivity index (χ0v) is 12.2. The van der Waals surface area contributed by atoms with Gasteiger partial charge in [-0.25, -0.2) is 0 Å². The van der Waals surface area contributed by atoms with Crippen LogP contribution in [0.4, 0.5) is 0 Å². The average Bonchev–Trinajstić information content (AvgIpc) is 2.27. The molecule has 0 aromatic carbocycles. The lowest BCUT2D eigenvalue weighted by atomic mass is 9.75. The van der Waals surface area contributed by atoms with Gasteiger partial charge in [-0.3, -0.25) is 4.79 Å². The molecule has 0 N–H and O–H groups in total. The molecule has 3 unspecified atom stereocenters. The van der Waals surface area contributed by atoms with E-state index in [9.17, 15) is 14.7 Å². The first-order valence-electron chi connectivity index (χ1n) is 7.29. The summed E-state index contributed by atoms with van der Waals surface area (Å²) in [7, 11) is 0. The molecule has 1 saturated carbocycles. The number of carboxylic acid groups (broad SMARTS) is 1. The summed E-state index contributed by atoms with van der Waals surface area (Å²) < 4.78 is 5.57. The molecule has 0 saturated heterocycles. The smallest absolute Gasteiger partial charge is 0.306 e. The summed E-state index contributed by atoms with van der Waals surface area (Å²) in [5.41, 5.74) is 0. The van der Waals surface area contributed by atoms with Crippen molar-refractivity contribution >= 4 is 11.9 Å². The second kappa shape index (κ2) is 7.51. The number of ether oxygens (including phenoxy) is 1. The first kappa shape index (κ1) is 16.0. The van der Waals surface area contributed by atoms with Gasteiger partial charge in [-0.1, -0.05) is 27.2 Å². The third-order valence-electron chi connectivity index (χ3n) is 4.01. The van der Waals surface area contributed by atoms with Crippen molar-refractivity contribution < 1.29 is 19.4 Å². The molecule has 1 fully saturated rings. The van der Waals surface area contributed by atoms with Crippen LogP contribution >= 0.6 is 0 Å². The molecule has 4 heteroatoms. The van der Waals surface area contributed by atoms with Crippen molar-refractivity contribution in [3.63, 3.8) is 0 Å². The van der Waals surface area contributed by atoms with E-state index in [1.165, 1.54) is 6.42 Å². The van der Waals surface area contributed by atoms with Crippen molar-refractivity contribution in [1.82, 2.24) is 0 Å². The Morgan fingerprint density at radius 3 is 2.53 bits per heavy atom. The van der Waals surface area contributed by atoms with Crippen LogP contribution in [0.5, 0.6) is 0 Å². The highest BCUT2D eigenvalue weighted by atomic mass is 16.5. The standard InChI is InChI=1S/C15H26O4/c1-10(2)12-8-7-11(3)9-13(12)19-15(18)6-4-5-14(16)17/h10-13H,4-9H2,1-3H3,(H,16,17)/p-1. The van der Waals surface area contributed by atoms with Crippen molar-refractivity contribution in [3.05, 3.63) is 0 Å². The van der Waals surface area contributed by atoms with Crippen molar-refractivity contribution in [2.24, 2.45) is 17.8 Å². The number of esters is 1. The van der Waals surface area contributed by atoms with Crippen molar-refractivity contribution in [2.45, 2.75) is 65.4 Å². The first-order valence-corrected chi connectivity index (χ1v) is 7.29.